The number of hydrogen-bond acceptors (Lipinski definition) is 4. The number of hydrogen-bond donors (Lipinski definition) is 2. The van der Waals surface area contributed by atoms with E-state index in [0.717, 1.165) is 22.3 Å². The van der Waals surface area contributed by atoms with Crippen LogP contribution in [0.1, 0.15) is 18.1 Å². The maximum atomic E-state index is 11.5. The smallest absolute Gasteiger partial charge is 0.221 e. The largest absolute Gasteiger partial charge is 0.495 e. The maximum absolute atomic E-state index is 11.5. The number of carbonyl (C=O) groups is 1. The number of ether oxygens (including phenoxy) is 1. The lowest BCUT2D eigenvalue weighted by Gasteiger charge is -2.14. The molecule has 0 saturated carbocycles. The molecule has 0 bridgehead atoms. The number of rotatable bonds is 4. The maximum Gasteiger partial charge on any atom is 0.221 e. The van der Waals surface area contributed by atoms with Crippen LogP contribution in [0.4, 0.5) is 17.2 Å². The van der Waals surface area contributed by atoms with Crippen LogP contribution in [-0.4, -0.2) is 18.0 Å². The number of nitrogens with one attached hydrogen (secondary N) is 2. The number of anilines is 3. The van der Waals surface area contributed by atoms with E-state index in [4.69, 9.17) is 4.74 Å². The fraction of sp³-hybridized carbons (Fsp3) is 0.200. The Morgan fingerprint density at radius 3 is 2.56 bits per heavy atom. The standard InChI is InChI=1S/C20H21N3O2/c1-12-5-6-16(9-13(12)2)23-20-17-11-18(22-14(3)24)19(25-4)10-15(17)7-8-21-20/h5-11H,1-4H3,(H,21,23)(H,22,24). The Bertz CT molecular complexity index is 951. The summed E-state index contributed by atoms with van der Waals surface area (Å²) in [5.41, 5.74) is 4.05. The molecule has 0 saturated heterocycles. The highest BCUT2D eigenvalue weighted by molar-refractivity contribution is 6.00. The topological polar surface area (TPSA) is 63.2 Å². The predicted molar refractivity (Wildman–Crippen MR) is 102 cm³/mol. The highest BCUT2D eigenvalue weighted by Gasteiger charge is 2.11. The summed E-state index contributed by atoms with van der Waals surface area (Å²) in [6.07, 6.45) is 1.75. The lowest BCUT2D eigenvalue weighted by Crippen LogP contribution is -2.07. The number of aromatic nitrogens is 1. The third-order valence-corrected chi connectivity index (χ3v) is 4.16. The van der Waals surface area contributed by atoms with Gasteiger partial charge in [0.15, 0.2) is 0 Å². The molecule has 1 aromatic heterocycles. The second-order valence-electron chi connectivity index (χ2n) is 6.04. The summed E-state index contributed by atoms with van der Waals surface area (Å²) in [5, 5.41) is 8.06. The van der Waals surface area contributed by atoms with Gasteiger partial charge < -0.3 is 15.4 Å². The van der Waals surface area contributed by atoms with Crippen LogP contribution in [0.5, 0.6) is 5.75 Å². The molecule has 0 atom stereocenters. The molecule has 128 valence electrons. The number of benzene rings is 2. The van der Waals surface area contributed by atoms with Crippen LogP contribution in [-0.2, 0) is 4.79 Å². The van der Waals surface area contributed by atoms with E-state index in [-0.39, 0.29) is 5.91 Å². The number of aryl methyl sites for hydroxylation is 2. The van der Waals surface area contributed by atoms with Gasteiger partial charge in [0.25, 0.3) is 0 Å². The zero-order valence-electron chi connectivity index (χ0n) is 14.8. The number of nitrogens with zero attached hydrogens (tertiary/aromatic N) is 1. The number of fused-ring (bicyclic) bond motifs is 1. The Kier molecular flexibility index (Phi) is 4.57. The molecule has 25 heavy (non-hydrogen) atoms. The van der Waals surface area contributed by atoms with E-state index < -0.39 is 0 Å². The zero-order valence-corrected chi connectivity index (χ0v) is 14.8. The average Bonchev–Trinajstić information content (AvgIpc) is 2.57. The lowest BCUT2D eigenvalue weighted by molar-refractivity contribution is -0.114. The van der Waals surface area contributed by atoms with Gasteiger partial charge in [0.05, 0.1) is 12.8 Å². The van der Waals surface area contributed by atoms with Crippen molar-refractivity contribution < 1.29 is 9.53 Å². The predicted octanol–water partition coefficient (Wildman–Crippen LogP) is 4.56. The molecule has 0 unspecified atom stereocenters. The van der Waals surface area contributed by atoms with Crippen LogP contribution in [0.2, 0.25) is 0 Å². The van der Waals surface area contributed by atoms with Crippen molar-refractivity contribution in [3.63, 3.8) is 0 Å². The van der Waals surface area contributed by atoms with Crippen molar-refractivity contribution in [1.82, 2.24) is 4.98 Å². The molecule has 5 heteroatoms. The molecule has 0 aliphatic carbocycles. The minimum absolute atomic E-state index is 0.148. The molecule has 3 rings (SSSR count). The molecule has 2 aromatic carbocycles. The van der Waals surface area contributed by atoms with Crippen LogP contribution in [0.25, 0.3) is 10.8 Å². The van der Waals surface area contributed by atoms with E-state index in [1.807, 2.05) is 24.3 Å². The molecule has 0 radical (unpaired) electrons. The van der Waals surface area contributed by atoms with E-state index in [0.29, 0.717) is 11.4 Å². The van der Waals surface area contributed by atoms with E-state index in [1.165, 1.54) is 18.1 Å². The molecule has 2 N–H and O–H groups in total. The lowest BCUT2D eigenvalue weighted by atomic mass is 10.1. The SMILES string of the molecule is COc1cc2ccnc(Nc3ccc(C)c(C)c3)c2cc1NC(C)=O. The zero-order chi connectivity index (χ0) is 18.0. The van der Waals surface area contributed by atoms with Gasteiger partial charge in [-0.2, -0.15) is 0 Å². The number of pyridine rings is 1. The highest BCUT2D eigenvalue weighted by atomic mass is 16.5. The molecular weight excluding hydrogens is 314 g/mol. The molecule has 1 heterocycles. The van der Waals surface area contributed by atoms with Gasteiger partial charge in [-0.1, -0.05) is 6.07 Å². The minimum Gasteiger partial charge on any atom is -0.495 e. The van der Waals surface area contributed by atoms with Crippen LogP contribution >= 0.6 is 0 Å². The number of amides is 1. The normalized spacial score (nSPS) is 10.6. The number of carbonyl (C=O) groups excluding carboxylic acids is 1. The first-order valence-corrected chi connectivity index (χ1v) is 8.06. The van der Waals surface area contributed by atoms with E-state index in [1.54, 1.807) is 13.3 Å². The van der Waals surface area contributed by atoms with E-state index in [9.17, 15) is 4.79 Å². The molecule has 0 fully saturated rings. The summed E-state index contributed by atoms with van der Waals surface area (Å²) in [4.78, 5) is 15.9. The first kappa shape index (κ1) is 16.8. The van der Waals surface area contributed by atoms with Crippen molar-refractivity contribution in [2.24, 2.45) is 0 Å². The van der Waals surface area contributed by atoms with Gasteiger partial charge in [0.2, 0.25) is 5.91 Å². The van der Waals surface area contributed by atoms with Gasteiger partial charge in [0.1, 0.15) is 11.6 Å². The van der Waals surface area contributed by atoms with Gasteiger partial charge in [-0.25, -0.2) is 4.98 Å². The van der Waals surface area contributed by atoms with Crippen molar-refractivity contribution in [2.75, 3.05) is 17.7 Å². The first-order valence-electron chi connectivity index (χ1n) is 8.06. The summed E-state index contributed by atoms with van der Waals surface area (Å²) in [6, 6.07) is 11.9. The van der Waals surface area contributed by atoms with Gasteiger partial charge >= 0.3 is 0 Å². The molecule has 5 nitrogen and oxygen atoms in total. The van der Waals surface area contributed by atoms with Crippen molar-refractivity contribution in [3.05, 3.63) is 53.7 Å². The monoisotopic (exact) mass is 335 g/mol. The third-order valence-electron chi connectivity index (χ3n) is 4.16. The van der Waals surface area contributed by atoms with Crippen molar-refractivity contribution in [2.45, 2.75) is 20.8 Å². The first-order chi connectivity index (χ1) is 12.0. The van der Waals surface area contributed by atoms with Crippen molar-refractivity contribution >= 4 is 33.9 Å². The van der Waals surface area contributed by atoms with Crippen LogP contribution in [0, 0.1) is 13.8 Å². The van der Waals surface area contributed by atoms with Gasteiger partial charge in [-0.05, 0) is 60.7 Å². The second kappa shape index (κ2) is 6.81. The number of methoxy groups -OCH3 is 1. The molecule has 1 amide bonds. The Hall–Kier alpha value is -3.08. The van der Waals surface area contributed by atoms with Crippen molar-refractivity contribution in [3.8, 4) is 5.75 Å². The highest BCUT2D eigenvalue weighted by Crippen LogP contribution is 2.34. The summed E-state index contributed by atoms with van der Waals surface area (Å²) >= 11 is 0. The van der Waals surface area contributed by atoms with Crippen LogP contribution in [0.3, 0.4) is 0 Å². The molecule has 0 spiro atoms. The Morgan fingerprint density at radius 1 is 1.08 bits per heavy atom. The minimum atomic E-state index is -0.148. The van der Waals surface area contributed by atoms with Crippen molar-refractivity contribution in [1.29, 1.82) is 0 Å². The fourth-order valence-electron chi connectivity index (χ4n) is 2.71. The summed E-state index contributed by atoms with van der Waals surface area (Å²) in [6.45, 7) is 5.64. The Labute approximate surface area is 147 Å². The average molecular weight is 335 g/mol. The molecule has 3 aromatic rings. The third kappa shape index (κ3) is 3.55. The van der Waals surface area contributed by atoms with E-state index >= 15 is 0 Å². The molecule has 0 aliphatic heterocycles. The second-order valence-corrected chi connectivity index (χ2v) is 6.04. The summed E-state index contributed by atoms with van der Waals surface area (Å²) < 4.78 is 5.39. The van der Waals surface area contributed by atoms with Gasteiger partial charge in [-0.3, -0.25) is 4.79 Å². The van der Waals surface area contributed by atoms with E-state index in [2.05, 4.69) is 41.6 Å². The Balaban J connectivity index is 2.08. The van der Waals surface area contributed by atoms with Crippen LogP contribution in [0.15, 0.2) is 42.6 Å². The van der Waals surface area contributed by atoms with Gasteiger partial charge in [0, 0.05) is 24.2 Å². The fourth-order valence-corrected chi connectivity index (χ4v) is 2.71. The summed E-state index contributed by atoms with van der Waals surface area (Å²) in [7, 11) is 1.59. The molecule has 0 aliphatic rings. The van der Waals surface area contributed by atoms with Gasteiger partial charge in [-0.15, -0.1) is 0 Å². The van der Waals surface area contributed by atoms with Crippen LogP contribution < -0.4 is 15.4 Å². The summed E-state index contributed by atoms with van der Waals surface area (Å²) in [5.74, 6) is 1.20. The Morgan fingerprint density at radius 2 is 1.88 bits per heavy atom. The quantitative estimate of drug-likeness (QED) is 0.733. The molecular formula is C20H21N3O2.